The van der Waals surface area contributed by atoms with Crippen LogP contribution in [-0.4, -0.2) is 38.8 Å². The number of ether oxygens (including phenoxy) is 4. The average Bonchev–Trinajstić information content (AvgIpc) is 3.16. The summed E-state index contributed by atoms with van der Waals surface area (Å²) in [6, 6.07) is 12.8. The first-order chi connectivity index (χ1) is 16.4. The van der Waals surface area contributed by atoms with Gasteiger partial charge in [-0.15, -0.1) is 11.3 Å². The number of hydrogen-bond acceptors (Lipinski definition) is 7. The predicted molar refractivity (Wildman–Crippen MR) is 134 cm³/mol. The molecular formula is C26H29NO6S. The molecule has 0 spiro atoms. The van der Waals surface area contributed by atoms with Gasteiger partial charge < -0.3 is 24.3 Å². The van der Waals surface area contributed by atoms with Crippen molar-refractivity contribution >= 4 is 28.2 Å². The lowest BCUT2D eigenvalue weighted by Gasteiger charge is -2.17. The van der Waals surface area contributed by atoms with Gasteiger partial charge in [0.15, 0.2) is 11.5 Å². The van der Waals surface area contributed by atoms with Crippen molar-refractivity contribution < 1.29 is 28.5 Å². The van der Waals surface area contributed by atoms with Gasteiger partial charge >= 0.3 is 5.97 Å². The first-order valence-electron chi connectivity index (χ1n) is 11.1. The highest BCUT2D eigenvalue weighted by Gasteiger charge is 2.26. The number of carbonyl (C=O) groups excluding carboxylic acids is 2. The molecule has 7 nitrogen and oxygen atoms in total. The average molecular weight is 484 g/mol. The van der Waals surface area contributed by atoms with E-state index in [1.807, 2.05) is 58.0 Å². The van der Waals surface area contributed by atoms with Crippen molar-refractivity contribution in [3.8, 4) is 28.4 Å². The van der Waals surface area contributed by atoms with Gasteiger partial charge in [0.05, 0.1) is 26.9 Å². The molecule has 8 heteroatoms. The second-order valence-electron chi connectivity index (χ2n) is 7.15. The first-order valence-corrected chi connectivity index (χ1v) is 11.9. The molecule has 0 aliphatic heterocycles. The number of thiophene rings is 1. The highest BCUT2D eigenvalue weighted by atomic mass is 32.1. The van der Waals surface area contributed by atoms with E-state index in [-0.39, 0.29) is 0 Å². The summed E-state index contributed by atoms with van der Waals surface area (Å²) in [5.41, 5.74) is 2.25. The highest BCUT2D eigenvalue weighted by molar-refractivity contribution is 7.17. The molecule has 1 N–H and O–H groups in total. The first kappa shape index (κ1) is 25.1. The number of anilines is 1. The number of carbonyl (C=O) groups is 2. The molecule has 3 rings (SSSR count). The molecule has 3 aromatic rings. The van der Waals surface area contributed by atoms with Crippen LogP contribution in [-0.2, 0) is 4.74 Å². The summed E-state index contributed by atoms with van der Waals surface area (Å²) in [5, 5.41) is 3.30. The van der Waals surface area contributed by atoms with Crippen molar-refractivity contribution in [1.82, 2.24) is 0 Å². The van der Waals surface area contributed by atoms with Crippen molar-refractivity contribution in [3.05, 3.63) is 58.5 Å². The number of esters is 1. The zero-order valence-corrected chi connectivity index (χ0v) is 20.8. The third-order valence-corrected chi connectivity index (χ3v) is 5.96. The molecule has 0 radical (unpaired) electrons. The summed E-state index contributed by atoms with van der Waals surface area (Å²) in [6.45, 7) is 8.69. The lowest BCUT2D eigenvalue weighted by Crippen LogP contribution is -2.15. The van der Waals surface area contributed by atoms with Crippen molar-refractivity contribution in [2.45, 2.75) is 27.7 Å². The monoisotopic (exact) mass is 483 g/mol. The normalized spacial score (nSPS) is 10.5. The van der Waals surface area contributed by atoms with Gasteiger partial charge in [-0.05, 0) is 45.4 Å². The number of amides is 1. The van der Waals surface area contributed by atoms with Crippen molar-refractivity contribution in [3.63, 3.8) is 0 Å². The largest absolute Gasteiger partial charge is 0.490 e. The Bertz CT molecular complexity index is 1130. The van der Waals surface area contributed by atoms with Crippen molar-refractivity contribution in [2.75, 3.05) is 32.2 Å². The van der Waals surface area contributed by atoms with Gasteiger partial charge in [0.2, 0.25) is 5.75 Å². The van der Waals surface area contributed by atoms with Gasteiger partial charge in [-0.1, -0.05) is 30.3 Å². The molecule has 0 saturated carbocycles. The lowest BCUT2D eigenvalue weighted by molar-refractivity contribution is 0.0603. The second kappa shape index (κ2) is 11.6. The van der Waals surface area contributed by atoms with E-state index in [1.54, 1.807) is 12.1 Å². The number of hydrogen-bond donors (Lipinski definition) is 1. The number of benzene rings is 2. The molecule has 0 bridgehead atoms. The Morgan fingerprint density at radius 3 is 2.03 bits per heavy atom. The summed E-state index contributed by atoms with van der Waals surface area (Å²) in [7, 11) is 1.32. The number of rotatable bonds is 10. The Kier molecular flexibility index (Phi) is 8.54. The van der Waals surface area contributed by atoms with Crippen LogP contribution in [0.4, 0.5) is 5.00 Å². The molecule has 1 amide bonds. The van der Waals surface area contributed by atoms with Crippen molar-refractivity contribution in [2.24, 2.45) is 0 Å². The van der Waals surface area contributed by atoms with Gasteiger partial charge in [-0.2, -0.15) is 0 Å². The topological polar surface area (TPSA) is 83.1 Å². The molecule has 0 fully saturated rings. The third kappa shape index (κ3) is 5.34. The van der Waals surface area contributed by atoms with Crippen LogP contribution in [0.1, 0.15) is 46.4 Å². The van der Waals surface area contributed by atoms with E-state index in [0.29, 0.717) is 53.2 Å². The van der Waals surface area contributed by atoms with Crippen LogP contribution in [0.5, 0.6) is 17.2 Å². The van der Waals surface area contributed by atoms with E-state index in [1.165, 1.54) is 18.4 Å². The molecule has 0 saturated heterocycles. The summed E-state index contributed by atoms with van der Waals surface area (Å²) in [5.74, 6) is 0.365. The maximum Gasteiger partial charge on any atom is 0.341 e. The summed E-state index contributed by atoms with van der Waals surface area (Å²) in [6.07, 6.45) is 0. The highest BCUT2D eigenvalue weighted by Crippen LogP contribution is 2.42. The van der Waals surface area contributed by atoms with Gasteiger partial charge in [0.25, 0.3) is 5.91 Å². The quantitative estimate of drug-likeness (QED) is 0.358. The predicted octanol–water partition coefficient (Wildman–Crippen LogP) is 5.96. The number of methoxy groups -OCH3 is 1. The minimum absolute atomic E-state index is 0.318. The van der Waals surface area contributed by atoms with Crippen LogP contribution in [0.2, 0.25) is 0 Å². The SMILES string of the molecule is CCOc1cc(C(=O)Nc2sc(C)c(-c3ccccc3)c2C(=O)OC)cc(OCC)c1OCC. The van der Waals surface area contributed by atoms with E-state index in [2.05, 4.69) is 5.32 Å². The van der Waals surface area contributed by atoms with E-state index in [9.17, 15) is 9.59 Å². The molecule has 0 aliphatic rings. The van der Waals surface area contributed by atoms with Crippen molar-refractivity contribution in [1.29, 1.82) is 0 Å². The Morgan fingerprint density at radius 2 is 1.50 bits per heavy atom. The number of nitrogens with one attached hydrogen (secondary N) is 1. The molecular weight excluding hydrogens is 454 g/mol. The van der Waals surface area contributed by atoms with Crippen LogP contribution >= 0.6 is 11.3 Å². The zero-order chi connectivity index (χ0) is 24.7. The minimum atomic E-state index is -0.518. The van der Waals surface area contributed by atoms with Crippen LogP contribution < -0.4 is 19.5 Å². The van der Waals surface area contributed by atoms with E-state index in [0.717, 1.165) is 16.0 Å². The van der Waals surface area contributed by atoms with Crippen LogP contribution in [0.15, 0.2) is 42.5 Å². The van der Waals surface area contributed by atoms with E-state index in [4.69, 9.17) is 18.9 Å². The van der Waals surface area contributed by atoms with Gasteiger partial charge in [0.1, 0.15) is 10.6 Å². The van der Waals surface area contributed by atoms with E-state index >= 15 is 0 Å². The van der Waals surface area contributed by atoms with Crippen LogP contribution in [0.25, 0.3) is 11.1 Å². The smallest absolute Gasteiger partial charge is 0.341 e. The Labute approximate surface area is 203 Å². The molecule has 180 valence electrons. The molecule has 0 unspecified atom stereocenters. The molecule has 0 atom stereocenters. The van der Waals surface area contributed by atoms with E-state index < -0.39 is 11.9 Å². The van der Waals surface area contributed by atoms with Crippen LogP contribution in [0, 0.1) is 6.92 Å². The minimum Gasteiger partial charge on any atom is -0.490 e. The Hall–Kier alpha value is -3.52. The maximum absolute atomic E-state index is 13.3. The molecule has 1 aromatic heterocycles. The van der Waals surface area contributed by atoms with Crippen LogP contribution in [0.3, 0.4) is 0 Å². The summed E-state index contributed by atoms with van der Waals surface area (Å²) in [4.78, 5) is 26.9. The summed E-state index contributed by atoms with van der Waals surface area (Å²) >= 11 is 1.32. The lowest BCUT2D eigenvalue weighted by atomic mass is 10.0. The molecule has 2 aromatic carbocycles. The van der Waals surface area contributed by atoms with Gasteiger partial charge in [0, 0.05) is 16.0 Å². The maximum atomic E-state index is 13.3. The fraction of sp³-hybridized carbons (Fsp3) is 0.308. The fourth-order valence-corrected chi connectivity index (χ4v) is 4.64. The molecule has 34 heavy (non-hydrogen) atoms. The number of aryl methyl sites for hydroxylation is 1. The zero-order valence-electron chi connectivity index (χ0n) is 20.0. The Morgan fingerprint density at radius 1 is 0.912 bits per heavy atom. The summed E-state index contributed by atoms with van der Waals surface area (Å²) < 4.78 is 22.2. The third-order valence-electron chi connectivity index (χ3n) is 4.93. The molecule has 1 heterocycles. The molecule has 0 aliphatic carbocycles. The standard InChI is InChI=1S/C26H29NO6S/c1-6-31-19-14-18(15-20(32-7-2)23(19)33-8-3)24(28)27-25-22(26(29)30-5)21(16(4)34-25)17-12-10-9-11-13-17/h9-15H,6-8H2,1-5H3,(H,27,28). The second-order valence-corrected chi connectivity index (χ2v) is 8.37. The van der Waals surface area contributed by atoms with Gasteiger partial charge in [-0.3, -0.25) is 4.79 Å². The Balaban J connectivity index is 2.05. The van der Waals surface area contributed by atoms with Gasteiger partial charge in [-0.25, -0.2) is 4.79 Å². The fourth-order valence-electron chi connectivity index (χ4n) is 3.58.